The Kier molecular flexibility index (Phi) is 3.56. The van der Waals surface area contributed by atoms with Crippen LogP contribution in [0.3, 0.4) is 0 Å². The second-order valence-electron chi connectivity index (χ2n) is 2.85. The van der Waals surface area contributed by atoms with E-state index >= 15 is 0 Å². The Balaban J connectivity index is 2.63. The van der Waals surface area contributed by atoms with Crippen LogP contribution in [0, 0.1) is 6.92 Å². The zero-order chi connectivity index (χ0) is 11.3. The van der Waals surface area contributed by atoms with Crippen LogP contribution in [0.25, 0.3) is 0 Å². The number of pyridine rings is 1. The van der Waals surface area contributed by atoms with Crippen LogP contribution >= 0.6 is 0 Å². The van der Waals surface area contributed by atoms with Gasteiger partial charge in [0.2, 0.25) is 5.91 Å². The van der Waals surface area contributed by atoms with E-state index in [0.717, 1.165) is 17.8 Å². The summed E-state index contributed by atoms with van der Waals surface area (Å²) < 4.78 is 0. The lowest BCUT2D eigenvalue weighted by molar-refractivity contribution is -0.131. The zero-order valence-corrected chi connectivity index (χ0v) is 8.10. The fraction of sp³-hybridized carbons (Fsp3) is 0.100. The lowest BCUT2D eigenvalue weighted by Crippen LogP contribution is -2.08. The molecule has 0 spiro atoms. The Bertz CT molecular complexity index is 413. The molecule has 5 heteroatoms. The maximum Gasteiger partial charge on any atom is 0.328 e. The van der Waals surface area contributed by atoms with Crippen molar-refractivity contribution >= 4 is 17.6 Å². The van der Waals surface area contributed by atoms with Gasteiger partial charge in [0, 0.05) is 29.7 Å². The molecule has 1 aromatic heterocycles. The van der Waals surface area contributed by atoms with Gasteiger partial charge in [-0.1, -0.05) is 0 Å². The van der Waals surface area contributed by atoms with E-state index in [2.05, 4.69) is 10.3 Å². The quantitative estimate of drug-likeness (QED) is 0.722. The average Bonchev–Trinajstić information content (AvgIpc) is 2.15. The van der Waals surface area contributed by atoms with Crippen molar-refractivity contribution < 1.29 is 14.7 Å². The number of carbonyl (C=O) groups excluding carboxylic acids is 1. The van der Waals surface area contributed by atoms with Crippen molar-refractivity contribution in [3.63, 3.8) is 0 Å². The Morgan fingerprint density at radius 2 is 2.20 bits per heavy atom. The van der Waals surface area contributed by atoms with Gasteiger partial charge in [-0.15, -0.1) is 0 Å². The fourth-order valence-electron chi connectivity index (χ4n) is 0.954. The highest BCUT2D eigenvalue weighted by Crippen LogP contribution is 2.06. The molecule has 1 rings (SSSR count). The Hall–Kier alpha value is -2.17. The molecule has 1 heterocycles. The molecule has 0 aliphatic carbocycles. The summed E-state index contributed by atoms with van der Waals surface area (Å²) in [4.78, 5) is 25.2. The van der Waals surface area contributed by atoms with Gasteiger partial charge < -0.3 is 10.4 Å². The van der Waals surface area contributed by atoms with Gasteiger partial charge >= 0.3 is 5.97 Å². The highest BCUT2D eigenvalue weighted by atomic mass is 16.4. The number of carboxylic acids is 1. The highest BCUT2D eigenvalue weighted by Gasteiger charge is 1.98. The van der Waals surface area contributed by atoms with Crippen LogP contribution in [0.4, 0.5) is 5.69 Å². The predicted molar refractivity (Wildman–Crippen MR) is 54.4 cm³/mol. The first-order valence-corrected chi connectivity index (χ1v) is 4.22. The molecule has 0 aliphatic rings. The van der Waals surface area contributed by atoms with Crippen LogP contribution in [0.1, 0.15) is 5.69 Å². The van der Waals surface area contributed by atoms with E-state index in [1.165, 1.54) is 0 Å². The number of carboxylic acid groups (broad SMARTS) is 1. The first-order chi connectivity index (χ1) is 7.08. The van der Waals surface area contributed by atoms with Gasteiger partial charge in [0.1, 0.15) is 0 Å². The minimum absolute atomic E-state index is 0.483. The number of amides is 1. The molecule has 0 atom stereocenters. The molecule has 78 valence electrons. The molecule has 0 fully saturated rings. The van der Waals surface area contributed by atoms with Crippen LogP contribution in [-0.4, -0.2) is 22.0 Å². The van der Waals surface area contributed by atoms with Gasteiger partial charge in [0.05, 0.1) is 0 Å². The topological polar surface area (TPSA) is 79.3 Å². The van der Waals surface area contributed by atoms with E-state index in [1.807, 2.05) is 0 Å². The highest BCUT2D eigenvalue weighted by molar-refractivity contribution is 6.02. The molecule has 0 bridgehead atoms. The Morgan fingerprint density at radius 3 is 2.80 bits per heavy atom. The summed E-state index contributed by atoms with van der Waals surface area (Å²) in [6.45, 7) is 1.79. The molecule has 1 amide bonds. The molecule has 15 heavy (non-hydrogen) atoms. The summed E-state index contributed by atoms with van der Waals surface area (Å²) in [5, 5.41) is 10.8. The number of carbonyl (C=O) groups is 2. The summed E-state index contributed by atoms with van der Waals surface area (Å²) in [5.41, 5.74) is 1.36. The maximum atomic E-state index is 11.1. The minimum atomic E-state index is -1.16. The maximum absolute atomic E-state index is 11.1. The number of nitrogens with one attached hydrogen (secondary N) is 1. The van der Waals surface area contributed by atoms with E-state index in [1.54, 1.807) is 25.3 Å². The lowest BCUT2D eigenvalue weighted by Gasteiger charge is -2.01. The van der Waals surface area contributed by atoms with E-state index < -0.39 is 11.9 Å². The molecule has 1 aromatic rings. The first kappa shape index (κ1) is 10.9. The molecular weight excluding hydrogens is 196 g/mol. The Labute approximate surface area is 86.5 Å². The summed E-state index contributed by atoms with van der Waals surface area (Å²) in [6.07, 6.45) is 3.30. The minimum Gasteiger partial charge on any atom is -0.478 e. The number of hydrogen-bond donors (Lipinski definition) is 2. The third kappa shape index (κ3) is 4.04. The van der Waals surface area contributed by atoms with Crippen LogP contribution in [0.15, 0.2) is 30.5 Å². The van der Waals surface area contributed by atoms with Gasteiger partial charge in [-0.25, -0.2) is 4.79 Å². The first-order valence-electron chi connectivity index (χ1n) is 4.22. The van der Waals surface area contributed by atoms with E-state index in [4.69, 9.17) is 5.11 Å². The number of anilines is 1. The van der Waals surface area contributed by atoms with Gasteiger partial charge in [-0.2, -0.15) is 0 Å². The molecule has 2 N–H and O–H groups in total. The van der Waals surface area contributed by atoms with Gasteiger partial charge in [0.25, 0.3) is 0 Å². The summed E-state index contributed by atoms with van der Waals surface area (Å²) in [5.74, 6) is -1.64. The number of rotatable bonds is 3. The SMILES string of the molecule is Cc1cc(NC(=O)C=CC(=O)O)ccn1. The second-order valence-corrected chi connectivity index (χ2v) is 2.85. The van der Waals surface area contributed by atoms with E-state index in [9.17, 15) is 9.59 Å². The van der Waals surface area contributed by atoms with E-state index in [-0.39, 0.29) is 0 Å². The normalized spacial score (nSPS) is 10.2. The van der Waals surface area contributed by atoms with Crippen LogP contribution < -0.4 is 5.32 Å². The van der Waals surface area contributed by atoms with Crippen LogP contribution in [0.5, 0.6) is 0 Å². The Morgan fingerprint density at radius 1 is 1.47 bits per heavy atom. The van der Waals surface area contributed by atoms with Crippen molar-refractivity contribution in [1.82, 2.24) is 4.98 Å². The third-order valence-corrected chi connectivity index (χ3v) is 1.54. The number of aliphatic carboxylic acids is 1. The predicted octanol–water partition coefficient (Wildman–Crippen LogP) is 0.969. The molecule has 0 saturated carbocycles. The second kappa shape index (κ2) is 4.90. The molecule has 0 unspecified atom stereocenters. The summed E-state index contributed by atoms with van der Waals surface area (Å²) in [7, 11) is 0. The fourth-order valence-corrected chi connectivity index (χ4v) is 0.954. The van der Waals surface area contributed by atoms with Crippen molar-refractivity contribution in [3.8, 4) is 0 Å². The standard InChI is InChI=1S/C10H10N2O3/c1-7-6-8(4-5-11-7)12-9(13)2-3-10(14)15/h2-6H,1H3,(H,14,15)(H,11,12,13). The monoisotopic (exact) mass is 206 g/mol. The molecule has 0 saturated heterocycles. The smallest absolute Gasteiger partial charge is 0.328 e. The molecule has 0 radical (unpaired) electrons. The summed E-state index contributed by atoms with van der Waals surface area (Å²) >= 11 is 0. The van der Waals surface area contributed by atoms with Crippen molar-refractivity contribution in [3.05, 3.63) is 36.2 Å². The largest absolute Gasteiger partial charge is 0.478 e. The molecule has 5 nitrogen and oxygen atoms in total. The molecular formula is C10H10N2O3. The third-order valence-electron chi connectivity index (χ3n) is 1.54. The van der Waals surface area contributed by atoms with Gasteiger partial charge in [-0.3, -0.25) is 9.78 Å². The van der Waals surface area contributed by atoms with Gasteiger partial charge in [0.15, 0.2) is 0 Å². The van der Waals surface area contributed by atoms with Crippen molar-refractivity contribution in [2.45, 2.75) is 6.92 Å². The van der Waals surface area contributed by atoms with Crippen LogP contribution in [-0.2, 0) is 9.59 Å². The summed E-state index contributed by atoms with van der Waals surface area (Å²) in [6, 6.07) is 3.31. The van der Waals surface area contributed by atoms with Crippen LogP contribution in [0.2, 0.25) is 0 Å². The number of aryl methyl sites for hydroxylation is 1. The lowest BCUT2D eigenvalue weighted by atomic mass is 10.3. The van der Waals surface area contributed by atoms with E-state index in [0.29, 0.717) is 5.69 Å². The van der Waals surface area contributed by atoms with Gasteiger partial charge in [-0.05, 0) is 19.1 Å². The number of nitrogens with zero attached hydrogens (tertiary/aromatic N) is 1. The number of aromatic nitrogens is 1. The molecule has 0 aliphatic heterocycles. The molecule has 0 aromatic carbocycles. The number of hydrogen-bond acceptors (Lipinski definition) is 3. The zero-order valence-electron chi connectivity index (χ0n) is 8.10. The van der Waals surface area contributed by atoms with Crippen molar-refractivity contribution in [1.29, 1.82) is 0 Å². The average molecular weight is 206 g/mol. The van der Waals surface area contributed by atoms with Crippen molar-refractivity contribution in [2.75, 3.05) is 5.32 Å². The van der Waals surface area contributed by atoms with Crippen molar-refractivity contribution in [2.24, 2.45) is 0 Å².